The largest absolute Gasteiger partial charge is 0.489 e. The lowest BCUT2D eigenvalue weighted by Crippen LogP contribution is -2.46. The number of nitrogens with zero attached hydrogens (tertiary/aromatic N) is 1. The number of rotatable bonds is 4. The van der Waals surface area contributed by atoms with E-state index in [0.29, 0.717) is 24.1 Å². The fourth-order valence-electron chi connectivity index (χ4n) is 4.92. The second-order valence-corrected chi connectivity index (χ2v) is 9.55. The van der Waals surface area contributed by atoms with Crippen LogP contribution in [0.1, 0.15) is 53.1 Å². The minimum Gasteiger partial charge on any atom is -0.489 e. The number of fused-ring (bicyclic) bond motifs is 2. The fraction of sp³-hybridized carbons (Fsp3) is 0.458. The Balaban J connectivity index is 1.27. The van der Waals surface area contributed by atoms with Crippen LogP contribution in [0.3, 0.4) is 0 Å². The van der Waals surface area contributed by atoms with Gasteiger partial charge in [-0.2, -0.15) is 11.8 Å². The molecule has 0 radical (unpaired) electrons. The number of thioether (sulfide) groups is 1. The molecule has 0 aromatic heterocycles. The van der Waals surface area contributed by atoms with Crippen LogP contribution in [0, 0.1) is 6.92 Å². The molecule has 1 amide bonds. The highest BCUT2D eigenvalue weighted by molar-refractivity contribution is 8.00. The van der Waals surface area contributed by atoms with Gasteiger partial charge >= 0.3 is 0 Å². The number of hydrogen-bond donors (Lipinski definition) is 0. The summed E-state index contributed by atoms with van der Waals surface area (Å²) in [5, 5.41) is 0. The average Bonchev–Trinajstić information content (AvgIpc) is 2.94. The van der Waals surface area contributed by atoms with Gasteiger partial charge in [-0.1, -0.05) is 29.8 Å². The maximum Gasteiger partial charge on any atom is 0.254 e. The number of amides is 1. The van der Waals surface area contributed by atoms with Gasteiger partial charge in [0.1, 0.15) is 11.9 Å². The molecule has 0 spiro atoms. The topological polar surface area (TPSA) is 29.5 Å². The molecule has 5 rings (SSSR count). The number of hydrogen-bond acceptors (Lipinski definition) is 3. The summed E-state index contributed by atoms with van der Waals surface area (Å²) < 4.78 is 5.91. The first-order valence-corrected chi connectivity index (χ1v) is 11.6. The second kappa shape index (κ2) is 7.47. The van der Waals surface area contributed by atoms with Crippen molar-refractivity contribution in [3.63, 3.8) is 0 Å². The van der Waals surface area contributed by atoms with E-state index in [1.165, 1.54) is 11.1 Å². The SMILES string of the molecule is Cc1ccc(C2C[C@H]3CC[C@H](C2)N3C(=O)c2ccc(OC3CSC3)cc2)cc1. The van der Waals surface area contributed by atoms with E-state index in [4.69, 9.17) is 4.74 Å². The fourth-order valence-corrected chi connectivity index (χ4v) is 5.48. The number of aryl methyl sites for hydroxylation is 1. The summed E-state index contributed by atoms with van der Waals surface area (Å²) in [4.78, 5) is 15.4. The number of carbonyl (C=O) groups excluding carboxylic acids is 1. The molecule has 0 N–H and O–H groups in total. The summed E-state index contributed by atoms with van der Waals surface area (Å²) in [6.07, 6.45) is 4.79. The minimum atomic E-state index is 0.195. The van der Waals surface area contributed by atoms with Gasteiger partial charge in [-0.3, -0.25) is 4.79 Å². The molecule has 3 saturated heterocycles. The van der Waals surface area contributed by atoms with Gasteiger partial charge in [0, 0.05) is 29.2 Å². The molecule has 4 heteroatoms. The maximum absolute atomic E-state index is 13.2. The average molecular weight is 394 g/mol. The molecule has 2 aromatic carbocycles. The van der Waals surface area contributed by atoms with Gasteiger partial charge in [0.2, 0.25) is 0 Å². The molecule has 3 nitrogen and oxygen atoms in total. The zero-order valence-corrected chi connectivity index (χ0v) is 17.2. The van der Waals surface area contributed by atoms with Crippen LogP contribution >= 0.6 is 11.8 Å². The third kappa shape index (κ3) is 3.43. The summed E-state index contributed by atoms with van der Waals surface area (Å²) >= 11 is 1.91. The molecule has 2 atom stereocenters. The number of piperidine rings is 1. The zero-order chi connectivity index (χ0) is 19.1. The van der Waals surface area contributed by atoms with E-state index >= 15 is 0 Å². The van der Waals surface area contributed by atoms with E-state index in [9.17, 15) is 4.79 Å². The highest BCUT2D eigenvalue weighted by atomic mass is 32.2. The summed E-state index contributed by atoms with van der Waals surface area (Å²) in [5.74, 6) is 3.79. The standard InChI is InChI=1S/C24H27NO2S/c1-16-2-4-17(5-3-16)19-12-20-8-9-21(13-19)25(20)24(26)18-6-10-22(11-7-18)27-23-14-28-15-23/h2-7,10-11,19-21,23H,8-9,12-15H2,1H3/t20-,21-/m1/s1. The Hall–Kier alpha value is -1.94. The molecule has 3 heterocycles. The Morgan fingerprint density at radius 1 is 0.964 bits per heavy atom. The predicted molar refractivity (Wildman–Crippen MR) is 114 cm³/mol. The van der Waals surface area contributed by atoms with Gasteiger partial charge in [0.25, 0.3) is 5.91 Å². The molecule has 3 aliphatic rings. The number of benzene rings is 2. The maximum atomic E-state index is 13.2. The number of carbonyl (C=O) groups is 1. The lowest BCUT2D eigenvalue weighted by atomic mass is 9.84. The first-order chi connectivity index (χ1) is 13.7. The smallest absolute Gasteiger partial charge is 0.254 e. The Bertz CT molecular complexity index is 830. The van der Waals surface area contributed by atoms with Crippen molar-refractivity contribution in [1.82, 2.24) is 4.90 Å². The minimum absolute atomic E-state index is 0.195. The van der Waals surface area contributed by atoms with Crippen LogP contribution in [0.4, 0.5) is 0 Å². The monoisotopic (exact) mass is 393 g/mol. The molecule has 146 valence electrons. The van der Waals surface area contributed by atoms with Crippen molar-refractivity contribution in [2.45, 2.75) is 56.7 Å². The Morgan fingerprint density at radius 2 is 1.61 bits per heavy atom. The van der Waals surface area contributed by atoms with E-state index < -0.39 is 0 Å². The van der Waals surface area contributed by atoms with Crippen LogP contribution < -0.4 is 4.74 Å². The van der Waals surface area contributed by atoms with Crippen molar-refractivity contribution in [1.29, 1.82) is 0 Å². The van der Waals surface area contributed by atoms with Crippen molar-refractivity contribution < 1.29 is 9.53 Å². The predicted octanol–water partition coefficient (Wildman–Crippen LogP) is 5.04. The van der Waals surface area contributed by atoms with Crippen LogP contribution in [0.15, 0.2) is 48.5 Å². The van der Waals surface area contributed by atoms with Crippen LogP contribution in [0.5, 0.6) is 5.75 Å². The molecular weight excluding hydrogens is 366 g/mol. The first-order valence-electron chi connectivity index (χ1n) is 10.4. The van der Waals surface area contributed by atoms with Gasteiger partial charge in [0.05, 0.1) is 0 Å². The zero-order valence-electron chi connectivity index (χ0n) is 16.3. The first kappa shape index (κ1) is 18.1. The van der Waals surface area contributed by atoms with Crippen molar-refractivity contribution in [3.05, 3.63) is 65.2 Å². The summed E-state index contributed by atoms with van der Waals surface area (Å²) in [6, 6.07) is 17.5. The normalized spacial score (nSPS) is 26.8. The second-order valence-electron chi connectivity index (χ2n) is 8.48. The lowest BCUT2D eigenvalue weighted by Gasteiger charge is -2.39. The molecule has 3 fully saturated rings. The Kier molecular flexibility index (Phi) is 4.83. The van der Waals surface area contributed by atoms with Crippen molar-refractivity contribution in [2.75, 3.05) is 11.5 Å². The molecule has 0 saturated carbocycles. The van der Waals surface area contributed by atoms with Crippen LogP contribution in [0.25, 0.3) is 0 Å². The molecule has 0 unspecified atom stereocenters. The van der Waals surface area contributed by atoms with E-state index in [2.05, 4.69) is 36.1 Å². The molecule has 3 aliphatic heterocycles. The highest BCUT2D eigenvalue weighted by Crippen LogP contribution is 2.43. The van der Waals surface area contributed by atoms with Crippen molar-refractivity contribution in [2.24, 2.45) is 0 Å². The van der Waals surface area contributed by atoms with Crippen LogP contribution in [-0.2, 0) is 0 Å². The van der Waals surface area contributed by atoms with Gasteiger partial charge < -0.3 is 9.64 Å². The highest BCUT2D eigenvalue weighted by Gasteiger charge is 2.43. The molecule has 0 aliphatic carbocycles. The van der Waals surface area contributed by atoms with Gasteiger partial charge in [-0.05, 0) is 68.4 Å². The van der Waals surface area contributed by atoms with E-state index in [-0.39, 0.29) is 5.91 Å². The Morgan fingerprint density at radius 3 is 2.18 bits per heavy atom. The Labute approximate surface area is 171 Å². The quantitative estimate of drug-likeness (QED) is 0.729. The van der Waals surface area contributed by atoms with E-state index in [1.54, 1.807) is 0 Å². The van der Waals surface area contributed by atoms with Crippen LogP contribution in [-0.4, -0.2) is 40.5 Å². The van der Waals surface area contributed by atoms with E-state index in [1.807, 2.05) is 36.0 Å². The van der Waals surface area contributed by atoms with Crippen molar-refractivity contribution in [3.8, 4) is 5.75 Å². The van der Waals surface area contributed by atoms with Gasteiger partial charge in [-0.15, -0.1) is 0 Å². The van der Waals surface area contributed by atoms with Gasteiger partial charge in [-0.25, -0.2) is 0 Å². The summed E-state index contributed by atoms with van der Waals surface area (Å²) in [6.45, 7) is 2.14. The third-order valence-electron chi connectivity index (χ3n) is 6.53. The van der Waals surface area contributed by atoms with E-state index in [0.717, 1.165) is 48.5 Å². The van der Waals surface area contributed by atoms with Crippen molar-refractivity contribution >= 4 is 17.7 Å². The molecular formula is C24H27NO2S. The van der Waals surface area contributed by atoms with Crippen LogP contribution in [0.2, 0.25) is 0 Å². The lowest BCUT2D eigenvalue weighted by molar-refractivity contribution is 0.0571. The molecule has 2 bridgehead atoms. The summed E-state index contributed by atoms with van der Waals surface area (Å²) in [7, 11) is 0. The third-order valence-corrected chi connectivity index (χ3v) is 7.74. The molecule has 2 aromatic rings. The summed E-state index contributed by atoms with van der Waals surface area (Å²) in [5.41, 5.74) is 3.54. The number of ether oxygens (including phenoxy) is 1. The molecule has 28 heavy (non-hydrogen) atoms. The van der Waals surface area contributed by atoms with Gasteiger partial charge in [0.15, 0.2) is 0 Å².